The quantitative estimate of drug-likeness (QED) is 0.264. The van der Waals surface area contributed by atoms with Gasteiger partial charge < -0.3 is 9.73 Å². The fourth-order valence-electron chi connectivity index (χ4n) is 2.72. The van der Waals surface area contributed by atoms with Crippen molar-refractivity contribution in [2.24, 2.45) is 0 Å². The number of amides is 1. The summed E-state index contributed by atoms with van der Waals surface area (Å²) in [5.74, 6) is 0.114. The zero-order valence-electron chi connectivity index (χ0n) is 15.8. The van der Waals surface area contributed by atoms with E-state index in [1.54, 1.807) is 48.8 Å². The van der Waals surface area contributed by atoms with E-state index in [1.807, 2.05) is 18.2 Å². The first kappa shape index (κ1) is 21.2. The van der Waals surface area contributed by atoms with E-state index in [2.05, 4.69) is 36.5 Å². The minimum absolute atomic E-state index is 0.171. The van der Waals surface area contributed by atoms with E-state index in [9.17, 15) is 4.79 Å². The van der Waals surface area contributed by atoms with Crippen LogP contribution in [0.2, 0.25) is 5.02 Å². The molecule has 0 saturated carbocycles. The second kappa shape index (κ2) is 9.38. The average Bonchev–Trinajstić information content (AvgIpc) is 3.17. The van der Waals surface area contributed by atoms with Crippen molar-refractivity contribution in [3.8, 4) is 11.5 Å². The second-order valence-electron chi connectivity index (χ2n) is 6.42. The summed E-state index contributed by atoms with van der Waals surface area (Å²) in [5, 5.41) is 6.39. The third-order valence-corrected chi connectivity index (χ3v) is 5.02. The zero-order valence-corrected chi connectivity index (χ0v) is 19.0. The van der Waals surface area contributed by atoms with Gasteiger partial charge in [-0.25, -0.2) is 4.98 Å². The summed E-state index contributed by atoms with van der Waals surface area (Å²) >= 11 is 14.5. The van der Waals surface area contributed by atoms with Gasteiger partial charge >= 0.3 is 0 Å². The van der Waals surface area contributed by atoms with E-state index in [4.69, 9.17) is 28.2 Å². The smallest absolute Gasteiger partial charge is 0.250 e. The molecule has 6 nitrogen and oxygen atoms in total. The monoisotopic (exact) mass is 512 g/mol. The predicted octanol–water partition coefficient (Wildman–Crippen LogP) is 5.83. The second-order valence-corrected chi connectivity index (χ2v) is 8.18. The van der Waals surface area contributed by atoms with Gasteiger partial charge in [-0.1, -0.05) is 23.7 Å². The van der Waals surface area contributed by atoms with E-state index in [0.29, 0.717) is 27.7 Å². The topological polar surface area (TPSA) is 80.0 Å². The van der Waals surface area contributed by atoms with Crippen LogP contribution < -0.4 is 10.6 Å². The highest BCUT2D eigenvalue weighted by molar-refractivity contribution is 9.10. The standard InChI is InChI=1S/C22H14BrClN4O2S/c23-15-9-14(11-25-12-15)21-27-18-10-17(6-7-19(18)30-21)26-22(31)28-20(29)8-3-13-1-4-16(24)5-2-13/h1-12H,(H2,26,28,29,31)/b8-3+. The van der Waals surface area contributed by atoms with Crippen molar-refractivity contribution in [1.82, 2.24) is 15.3 Å². The molecule has 0 spiro atoms. The Hall–Kier alpha value is -3.07. The first-order chi connectivity index (χ1) is 15.0. The molecule has 0 fully saturated rings. The van der Waals surface area contributed by atoms with Gasteiger partial charge in [0.05, 0.1) is 5.56 Å². The summed E-state index contributed by atoms with van der Waals surface area (Å²) in [6.45, 7) is 0. The first-order valence-corrected chi connectivity index (χ1v) is 10.6. The van der Waals surface area contributed by atoms with E-state index >= 15 is 0 Å². The molecule has 9 heteroatoms. The Morgan fingerprint density at radius 1 is 1.13 bits per heavy atom. The van der Waals surface area contributed by atoms with Crippen molar-refractivity contribution in [2.45, 2.75) is 0 Å². The Labute approximate surface area is 196 Å². The number of fused-ring (bicyclic) bond motifs is 1. The molecule has 2 aromatic carbocycles. The molecule has 0 aliphatic heterocycles. The Morgan fingerprint density at radius 2 is 1.94 bits per heavy atom. The van der Waals surface area contributed by atoms with Crippen molar-refractivity contribution >= 4 is 73.6 Å². The lowest BCUT2D eigenvalue weighted by Crippen LogP contribution is -2.32. The van der Waals surface area contributed by atoms with Crippen molar-refractivity contribution in [3.63, 3.8) is 0 Å². The van der Waals surface area contributed by atoms with Crippen LogP contribution in [0.5, 0.6) is 0 Å². The van der Waals surface area contributed by atoms with Gasteiger partial charge in [0.25, 0.3) is 0 Å². The van der Waals surface area contributed by atoms with Gasteiger partial charge in [0.1, 0.15) is 5.52 Å². The Bertz CT molecular complexity index is 1300. The van der Waals surface area contributed by atoms with Crippen molar-refractivity contribution < 1.29 is 9.21 Å². The fraction of sp³-hybridized carbons (Fsp3) is 0. The molecular weight excluding hydrogens is 500 g/mol. The highest BCUT2D eigenvalue weighted by Crippen LogP contribution is 2.27. The molecular formula is C22H14BrClN4O2S. The fourth-order valence-corrected chi connectivity index (χ4v) is 3.43. The minimum Gasteiger partial charge on any atom is -0.436 e. The Balaban J connectivity index is 1.41. The van der Waals surface area contributed by atoms with Gasteiger partial charge in [-0.3, -0.25) is 15.1 Å². The number of pyridine rings is 1. The van der Waals surface area contributed by atoms with Crippen molar-refractivity contribution in [3.05, 3.63) is 82.1 Å². The van der Waals surface area contributed by atoms with Gasteiger partial charge in [-0.2, -0.15) is 0 Å². The van der Waals surface area contributed by atoms with Crippen LogP contribution in [0.4, 0.5) is 5.69 Å². The van der Waals surface area contributed by atoms with Gasteiger partial charge in [-0.05, 0) is 76.2 Å². The predicted molar refractivity (Wildman–Crippen MR) is 130 cm³/mol. The van der Waals surface area contributed by atoms with Crippen LogP contribution in [0.25, 0.3) is 28.6 Å². The lowest BCUT2D eigenvalue weighted by molar-refractivity contribution is -0.115. The molecule has 4 rings (SSSR count). The molecule has 4 aromatic rings. The van der Waals surface area contributed by atoms with Gasteiger partial charge in [-0.15, -0.1) is 0 Å². The molecule has 1 amide bonds. The normalized spacial score (nSPS) is 11.0. The summed E-state index contributed by atoms with van der Waals surface area (Å²) in [6, 6.07) is 14.4. The number of hydrogen-bond donors (Lipinski definition) is 2. The lowest BCUT2D eigenvalue weighted by Gasteiger charge is -2.07. The lowest BCUT2D eigenvalue weighted by atomic mass is 10.2. The van der Waals surface area contributed by atoms with Gasteiger partial charge in [0, 0.05) is 33.7 Å². The molecule has 31 heavy (non-hydrogen) atoms. The zero-order chi connectivity index (χ0) is 21.8. The number of anilines is 1. The number of benzene rings is 2. The van der Waals surface area contributed by atoms with Gasteiger partial charge in [0.15, 0.2) is 10.7 Å². The maximum atomic E-state index is 12.1. The highest BCUT2D eigenvalue weighted by atomic mass is 79.9. The molecule has 2 aromatic heterocycles. The van der Waals surface area contributed by atoms with Crippen LogP contribution in [0.15, 0.2) is 75.9 Å². The molecule has 0 radical (unpaired) electrons. The molecule has 2 heterocycles. The highest BCUT2D eigenvalue weighted by Gasteiger charge is 2.10. The van der Waals surface area contributed by atoms with Crippen molar-refractivity contribution in [2.75, 3.05) is 5.32 Å². The van der Waals surface area contributed by atoms with E-state index < -0.39 is 0 Å². The maximum Gasteiger partial charge on any atom is 0.250 e. The van der Waals surface area contributed by atoms with Crippen LogP contribution in [-0.2, 0) is 4.79 Å². The number of halogens is 2. The summed E-state index contributed by atoms with van der Waals surface area (Å²) in [4.78, 5) is 20.7. The number of rotatable bonds is 4. The summed E-state index contributed by atoms with van der Waals surface area (Å²) in [7, 11) is 0. The first-order valence-electron chi connectivity index (χ1n) is 9.03. The molecule has 154 valence electrons. The van der Waals surface area contributed by atoms with Crippen LogP contribution in [0.1, 0.15) is 5.56 Å². The van der Waals surface area contributed by atoms with Crippen LogP contribution in [0, 0.1) is 0 Å². The number of oxazole rings is 1. The average molecular weight is 514 g/mol. The number of nitrogens with zero attached hydrogens (tertiary/aromatic N) is 2. The summed E-state index contributed by atoms with van der Waals surface area (Å²) in [6.07, 6.45) is 6.44. The van der Waals surface area contributed by atoms with Crippen LogP contribution in [-0.4, -0.2) is 21.0 Å². The Kier molecular flexibility index (Phi) is 6.41. The third-order valence-electron chi connectivity index (χ3n) is 4.13. The number of carbonyl (C=O) groups is 1. The van der Waals surface area contributed by atoms with Gasteiger partial charge in [0.2, 0.25) is 11.8 Å². The third kappa shape index (κ3) is 5.55. The molecule has 0 bridgehead atoms. The van der Waals surface area contributed by atoms with Crippen LogP contribution >= 0.6 is 39.7 Å². The molecule has 0 atom stereocenters. The molecule has 0 aliphatic rings. The summed E-state index contributed by atoms with van der Waals surface area (Å²) in [5.41, 5.74) is 3.56. The van der Waals surface area contributed by atoms with E-state index in [-0.39, 0.29) is 11.0 Å². The number of nitrogens with one attached hydrogen (secondary N) is 2. The molecule has 0 saturated heterocycles. The maximum absolute atomic E-state index is 12.1. The number of aromatic nitrogens is 2. The number of hydrogen-bond acceptors (Lipinski definition) is 5. The number of carbonyl (C=O) groups excluding carboxylic acids is 1. The van der Waals surface area contributed by atoms with E-state index in [1.165, 1.54) is 6.08 Å². The number of thiocarbonyl (C=S) groups is 1. The Morgan fingerprint density at radius 3 is 2.71 bits per heavy atom. The largest absolute Gasteiger partial charge is 0.436 e. The van der Waals surface area contributed by atoms with Crippen molar-refractivity contribution in [1.29, 1.82) is 0 Å². The molecule has 2 N–H and O–H groups in total. The molecule has 0 unspecified atom stereocenters. The van der Waals surface area contributed by atoms with Crippen LogP contribution in [0.3, 0.4) is 0 Å². The molecule has 0 aliphatic carbocycles. The minimum atomic E-state index is -0.348. The SMILES string of the molecule is O=C(/C=C/c1ccc(Cl)cc1)NC(=S)Nc1ccc2oc(-c3cncc(Br)c3)nc2c1. The summed E-state index contributed by atoms with van der Waals surface area (Å²) < 4.78 is 6.63. The van der Waals surface area contributed by atoms with E-state index in [0.717, 1.165) is 15.6 Å².